The smallest absolute Gasteiger partial charge is 0.233 e. The number of likely N-dealkylation sites (tertiary alicyclic amines) is 1. The SMILES string of the molecule is O=C1C2CC2C(=O)N1CC1(CBr)CCCCCC1. The van der Waals surface area contributed by atoms with Crippen LogP contribution in [-0.2, 0) is 9.59 Å². The molecule has 0 aromatic rings. The molecule has 0 aromatic carbocycles. The second-order valence-electron chi connectivity index (χ2n) is 6.26. The molecule has 0 radical (unpaired) electrons. The number of halogens is 1. The normalized spacial score (nSPS) is 34.4. The highest BCUT2D eigenvalue weighted by molar-refractivity contribution is 9.09. The fourth-order valence-electron chi connectivity index (χ4n) is 3.55. The van der Waals surface area contributed by atoms with Gasteiger partial charge >= 0.3 is 0 Å². The molecule has 2 unspecified atom stereocenters. The molecular formula is C14H20BrNO2. The first kappa shape index (κ1) is 12.6. The summed E-state index contributed by atoms with van der Waals surface area (Å²) < 4.78 is 0. The van der Waals surface area contributed by atoms with Crippen LogP contribution in [0.2, 0.25) is 0 Å². The van der Waals surface area contributed by atoms with Crippen molar-refractivity contribution in [2.45, 2.75) is 44.9 Å². The summed E-state index contributed by atoms with van der Waals surface area (Å²) in [6.07, 6.45) is 8.15. The van der Waals surface area contributed by atoms with E-state index in [0.29, 0.717) is 6.54 Å². The predicted octanol–water partition coefficient (Wildman–Crippen LogP) is 2.73. The monoisotopic (exact) mass is 313 g/mol. The Morgan fingerprint density at radius 1 is 1.06 bits per heavy atom. The van der Waals surface area contributed by atoms with E-state index in [0.717, 1.165) is 24.6 Å². The van der Waals surface area contributed by atoms with Gasteiger partial charge in [-0.2, -0.15) is 0 Å². The molecule has 1 aliphatic heterocycles. The van der Waals surface area contributed by atoms with E-state index >= 15 is 0 Å². The van der Waals surface area contributed by atoms with Crippen molar-refractivity contribution in [2.75, 3.05) is 11.9 Å². The summed E-state index contributed by atoms with van der Waals surface area (Å²) in [6.45, 7) is 0.656. The zero-order valence-corrected chi connectivity index (χ0v) is 12.2. The topological polar surface area (TPSA) is 37.4 Å². The highest BCUT2D eigenvalue weighted by Crippen LogP contribution is 2.49. The van der Waals surface area contributed by atoms with Crippen LogP contribution in [-0.4, -0.2) is 28.6 Å². The van der Waals surface area contributed by atoms with E-state index < -0.39 is 0 Å². The first-order valence-electron chi connectivity index (χ1n) is 7.08. The van der Waals surface area contributed by atoms with Crippen LogP contribution in [0.15, 0.2) is 0 Å². The third-order valence-electron chi connectivity index (χ3n) is 4.90. The first-order chi connectivity index (χ1) is 8.67. The van der Waals surface area contributed by atoms with Crippen LogP contribution in [0.25, 0.3) is 0 Å². The summed E-state index contributed by atoms with van der Waals surface area (Å²) in [5, 5.41) is 0.909. The predicted molar refractivity (Wildman–Crippen MR) is 72.2 cm³/mol. The highest BCUT2D eigenvalue weighted by Gasteiger charge is 2.59. The van der Waals surface area contributed by atoms with Gasteiger partial charge < -0.3 is 0 Å². The van der Waals surface area contributed by atoms with Crippen molar-refractivity contribution in [2.24, 2.45) is 17.3 Å². The quantitative estimate of drug-likeness (QED) is 0.456. The Labute approximate surface area is 116 Å². The van der Waals surface area contributed by atoms with Gasteiger partial charge in [-0.25, -0.2) is 0 Å². The number of amides is 2. The third-order valence-corrected chi connectivity index (χ3v) is 6.09. The van der Waals surface area contributed by atoms with Crippen molar-refractivity contribution in [3.8, 4) is 0 Å². The molecule has 1 saturated heterocycles. The maximum absolute atomic E-state index is 12.1. The van der Waals surface area contributed by atoms with Crippen LogP contribution >= 0.6 is 15.9 Å². The Bertz CT molecular complexity index is 354. The highest BCUT2D eigenvalue weighted by atomic mass is 79.9. The number of carbonyl (C=O) groups excluding carboxylic acids is 2. The molecule has 1 heterocycles. The lowest BCUT2D eigenvalue weighted by molar-refractivity contribution is -0.143. The Balaban J connectivity index is 1.73. The number of nitrogens with zero attached hydrogens (tertiary/aromatic N) is 1. The number of piperidine rings is 1. The third kappa shape index (κ3) is 2.02. The van der Waals surface area contributed by atoms with Gasteiger partial charge in [0.05, 0.1) is 11.8 Å². The van der Waals surface area contributed by atoms with Crippen LogP contribution in [0.5, 0.6) is 0 Å². The number of carbonyl (C=O) groups is 2. The molecule has 0 aromatic heterocycles. The molecule has 2 atom stereocenters. The lowest BCUT2D eigenvalue weighted by atomic mass is 9.82. The van der Waals surface area contributed by atoms with E-state index in [1.807, 2.05) is 0 Å². The number of alkyl halides is 1. The second kappa shape index (κ2) is 4.62. The number of imide groups is 1. The molecule has 4 heteroatoms. The Morgan fingerprint density at radius 3 is 2.11 bits per heavy atom. The molecule has 0 N–H and O–H groups in total. The van der Waals surface area contributed by atoms with Crippen molar-refractivity contribution < 1.29 is 9.59 Å². The molecule has 100 valence electrons. The zero-order valence-electron chi connectivity index (χ0n) is 10.7. The minimum absolute atomic E-state index is 0.0515. The van der Waals surface area contributed by atoms with Crippen molar-refractivity contribution in [1.29, 1.82) is 0 Å². The van der Waals surface area contributed by atoms with Crippen LogP contribution in [0.4, 0.5) is 0 Å². The standard InChI is InChI=1S/C14H20BrNO2/c15-8-14(5-3-1-2-4-6-14)9-16-12(17)10-7-11(10)13(16)18/h10-11H,1-9H2. The lowest BCUT2D eigenvalue weighted by Crippen LogP contribution is -2.43. The van der Waals surface area contributed by atoms with Crippen molar-refractivity contribution >= 4 is 27.7 Å². The summed E-state index contributed by atoms with van der Waals surface area (Å²) >= 11 is 3.63. The Hall–Kier alpha value is -0.380. The number of rotatable bonds is 3. The zero-order chi connectivity index (χ0) is 12.8. The summed E-state index contributed by atoms with van der Waals surface area (Å²) in [4.78, 5) is 25.7. The average Bonchev–Trinajstić information content (AvgIpc) is 3.15. The second-order valence-corrected chi connectivity index (χ2v) is 6.82. The first-order valence-corrected chi connectivity index (χ1v) is 8.20. The van der Waals surface area contributed by atoms with Gasteiger partial charge in [-0.1, -0.05) is 41.6 Å². The molecule has 2 amide bonds. The molecule has 3 nitrogen and oxygen atoms in total. The molecule has 0 bridgehead atoms. The molecule has 3 fully saturated rings. The summed E-state index contributed by atoms with van der Waals surface area (Å²) in [5.74, 6) is 0.315. The Kier molecular flexibility index (Phi) is 3.25. The van der Waals surface area contributed by atoms with E-state index in [4.69, 9.17) is 0 Å². The van der Waals surface area contributed by atoms with Gasteiger partial charge in [-0.3, -0.25) is 14.5 Å². The van der Waals surface area contributed by atoms with E-state index in [1.54, 1.807) is 4.90 Å². The van der Waals surface area contributed by atoms with Gasteiger partial charge in [0, 0.05) is 11.9 Å². The van der Waals surface area contributed by atoms with Gasteiger partial charge in [-0.15, -0.1) is 0 Å². The van der Waals surface area contributed by atoms with E-state index in [-0.39, 0.29) is 29.1 Å². The molecule has 0 spiro atoms. The molecule has 3 aliphatic rings. The molecule has 18 heavy (non-hydrogen) atoms. The summed E-state index contributed by atoms with van der Waals surface area (Å²) in [6, 6.07) is 0. The van der Waals surface area contributed by atoms with E-state index in [9.17, 15) is 9.59 Å². The number of fused-ring (bicyclic) bond motifs is 1. The number of hydrogen-bond acceptors (Lipinski definition) is 2. The van der Waals surface area contributed by atoms with Gasteiger partial charge in [-0.05, 0) is 24.7 Å². The van der Waals surface area contributed by atoms with Crippen molar-refractivity contribution in [1.82, 2.24) is 4.90 Å². The van der Waals surface area contributed by atoms with E-state index in [1.165, 1.54) is 25.7 Å². The minimum atomic E-state index is 0.0515. The van der Waals surface area contributed by atoms with Gasteiger partial charge in [0.15, 0.2) is 0 Å². The van der Waals surface area contributed by atoms with Gasteiger partial charge in [0.1, 0.15) is 0 Å². The maximum Gasteiger partial charge on any atom is 0.233 e. The number of hydrogen-bond donors (Lipinski definition) is 0. The fraction of sp³-hybridized carbons (Fsp3) is 0.857. The molecule has 2 aliphatic carbocycles. The summed E-state index contributed by atoms with van der Waals surface area (Å²) in [7, 11) is 0. The fourth-order valence-corrected chi connectivity index (χ4v) is 4.29. The maximum atomic E-state index is 12.1. The Morgan fingerprint density at radius 2 is 1.61 bits per heavy atom. The molecule has 3 rings (SSSR count). The lowest BCUT2D eigenvalue weighted by Gasteiger charge is -2.34. The van der Waals surface area contributed by atoms with Crippen LogP contribution in [0.3, 0.4) is 0 Å². The van der Waals surface area contributed by atoms with Crippen molar-refractivity contribution in [3.63, 3.8) is 0 Å². The van der Waals surface area contributed by atoms with Crippen molar-refractivity contribution in [3.05, 3.63) is 0 Å². The average molecular weight is 314 g/mol. The van der Waals surface area contributed by atoms with Crippen LogP contribution in [0, 0.1) is 17.3 Å². The van der Waals surface area contributed by atoms with Gasteiger partial charge in [0.25, 0.3) is 0 Å². The largest absolute Gasteiger partial charge is 0.282 e. The summed E-state index contributed by atoms with van der Waals surface area (Å²) in [5.41, 5.74) is 0.138. The molecular weight excluding hydrogens is 294 g/mol. The van der Waals surface area contributed by atoms with Gasteiger partial charge in [0.2, 0.25) is 11.8 Å². The van der Waals surface area contributed by atoms with E-state index in [2.05, 4.69) is 15.9 Å². The molecule has 2 saturated carbocycles. The minimum Gasteiger partial charge on any atom is -0.282 e. The van der Waals surface area contributed by atoms with Crippen LogP contribution in [0.1, 0.15) is 44.9 Å². The van der Waals surface area contributed by atoms with Crippen LogP contribution < -0.4 is 0 Å².